The van der Waals surface area contributed by atoms with Gasteiger partial charge in [-0.3, -0.25) is 4.90 Å². The topological polar surface area (TPSA) is 65.8 Å². The van der Waals surface area contributed by atoms with Crippen LogP contribution in [0.3, 0.4) is 0 Å². The third-order valence-electron chi connectivity index (χ3n) is 10.5. The first kappa shape index (κ1) is 23.1. The second kappa shape index (κ2) is 7.96. The Morgan fingerprint density at radius 2 is 1.70 bits per heavy atom. The van der Waals surface area contributed by atoms with E-state index in [4.69, 9.17) is 9.72 Å². The van der Waals surface area contributed by atoms with E-state index in [1.54, 1.807) is 6.07 Å². The van der Waals surface area contributed by atoms with Crippen LogP contribution in [0.25, 0.3) is 22.4 Å². The lowest BCUT2D eigenvalue weighted by atomic mass is 9.48. The number of aliphatic hydroxyl groups is 1. The summed E-state index contributed by atoms with van der Waals surface area (Å²) in [4.78, 5) is 7.91. The van der Waals surface area contributed by atoms with Crippen molar-refractivity contribution in [3.05, 3.63) is 101 Å². The van der Waals surface area contributed by atoms with Gasteiger partial charge >= 0.3 is 0 Å². The largest absolute Gasteiger partial charge is 0.504 e. The summed E-state index contributed by atoms with van der Waals surface area (Å²) in [5, 5.41) is 24.2. The minimum absolute atomic E-state index is 0.00140. The van der Waals surface area contributed by atoms with Gasteiger partial charge < -0.3 is 14.9 Å². The molecule has 3 aliphatic carbocycles. The number of hydrogen-bond acceptors (Lipinski definition) is 5. The van der Waals surface area contributed by atoms with Crippen LogP contribution in [0.2, 0.25) is 0 Å². The number of hydrogen-bond donors (Lipinski definition) is 2. The van der Waals surface area contributed by atoms with Crippen molar-refractivity contribution in [2.75, 3.05) is 13.1 Å². The molecule has 3 aromatic carbocycles. The quantitative estimate of drug-likeness (QED) is 0.350. The van der Waals surface area contributed by atoms with Gasteiger partial charge in [0.1, 0.15) is 0 Å². The SMILES string of the molecule is Oc1ccc2c3c1O[C@H]1c4nc(-c5ccccc5)cc(-c5ccccc5)c4C[C@@]4(O)[C@H](C2)N(CC2CC2)CC[C@]314. The van der Waals surface area contributed by atoms with Gasteiger partial charge in [-0.15, -0.1) is 0 Å². The van der Waals surface area contributed by atoms with Gasteiger partial charge in [0.2, 0.25) is 0 Å². The zero-order valence-electron chi connectivity index (χ0n) is 22.4. The monoisotopic (exact) mass is 528 g/mol. The fourth-order valence-electron chi connectivity index (χ4n) is 8.55. The Morgan fingerprint density at radius 3 is 2.45 bits per heavy atom. The average Bonchev–Trinajstić information content (AvgIpc) is 3.73. The molecule has 40 heavy (non-hydrogen) atoms. The van der Waals surface area contributed by atoms with Gasteiger partial charge in [-0.2, -0.15) is 0 Å². The molecule has 9 rings (SSSR count). The number of pyridine rings is 1. The number of aromatic nitrogens is 1. The molecule has 4 aromatic rings. The number of phenolic OH excluding ortho intramolecular Hbond substituents is 1. The van der Waals surface area contributed by atoms with Gasteiger partial charge in [0.05, 0.1) is 22.4 Å². The van der Waals surface area contributed by atoms with Crippen LogP contribution >= 0.6 is 0 Å². The minimum Gasteiger partial charge on any atom is -0.504 e. The summed E-state index contributed by atoms with van der Waals surface area (Å²) in [5.41, 5.74) is 6.74. The van der Waals surface area contributed by atoms with Gasteiger partial charge in [-0.25, -0.2) is 4.98 Å². The molecule has 2 bridgehead atoms. The number of rotatable bonds is 4. The minimum atomic E-state index is -1.02. The first-order valence-electron chi connectivity index (χ1n) is 14.7. The molecule has 5 heteroatoms. The van der Waals surface area contributed by atoms with Crippen LogP contribution in [-0.2, 0) is 18.3 Å². The molecule has 0 unspecified atom stereocenters. The first-order chi connectivity index (χ1) is 19.6. The summed E-state index contributed by atoms with van der Waals surface area (Å²) in [6.45, 7) is 1.98. The van der Waals surface area contributed by atoms with Crippen molar-refractivity contribution in [2.45, 2.75) is 55.3 Å². The van der Waals surface area contributed by atoms with E-state index in [0.29, 0.717) is 12.2 Å². The second-order valence-corrected chi connectivity index (χ2v) is 12.6. The van der Waals surface area contributed by atoms with Crippen molar-refractivity contribution >= 4 is 0 Å². The standard InChI is InChI=1S/C35H32N2O3/c38-28-14-13-24-17-29-35(39)19-26-25(22-7-3-1-4-8-22)18-27(23-9-5-2-6-10-23)36-31(26)33-34(35,30(24)32(28)40-33)15-16-37(29)20-21-11-12-21/h1-10,13-14,18,21,29,33,38-39H,11-12,15-17,19-20H2/t29-,33-,34-,35+/m0/s1. The Bertz CT molecular complexity index is 1670. The van der Waals surface area contributed by atoms with E-state index in [1.807, 2.05) is 24.3 Å². The summed E-state index contributed by atoms with van der Waals surface area (Å²) in [5.74, 6) is 1.46. The highest BCUT2D eigenvalue weighted by atomic mass is 16.5. The molecule has 5 aliphatic rings. The predicted octanol–water partition coefficient (Wildman–Crippen LogP) is 5.82. The van der Waals surface area contributed by atoms with E-state index >= 15 is 0 Å². The van der Waals surface area contributed by atoms with Gasteiger partial charge in [0, 0.05) is 30.1 Å². The number of benzene rings is 3. The summed E-state index contributed by atoms with van der Waals surface area (Å²) in [6.07, 6.45) is 4.21. The molecule has 1 saturated carbocycles. The van der Waals surface area contributed by atoms with Crippen LogP contribution in [0.4, 0.5) is 0 Å². The second-order valence-electron chi connectivity index (χ2n) is 12.6. The maximum Gasteiger partial charge on any atom is 0.166 e. The van der Waals surface area contributed by atoms with E-state index in [9.17, 15) is 10.2 Å². The van der Waals surface area contributed by atoms with Gasteiger partial charge in [0.15, 0.2) is 17.6 Å². The van der Waals surface area contributed by atoms with Crippen LogP contribution in [0.1, 0.15) is 47.8 Å². The molecular weight excluding hydrogens is 496 g/mol. The van der Waals surface area contributed by atoms with Crippen LogP contribution in [0, 0.1) is 5.92 Å². The zero-order valence-corrected chi connectivity index (χ0v) is 22.4. The van der Waals surface area contributed by atoms with Gasteiger partial charge in [0.25, 0.3) is 0 Å². The fraction of sp³-hybridized carbons (Fsp3) is 0.343. The van der Waals surface area contributed by atoms with Crippen molar-refractivity contribution in [3.63, 3.8) is 0 Å². The number of nitrogens with zero attached hydrogens (tertiary/aromatic N) is 2. The summed E-state index contributed by atoms with van der Waals surface area (Å²) >= 11 is 0. The molecule has 4 atom stereocenters. The van der Waals surface area contributed by atoms with E-state index < -0.39 is 17.1 Å². The number of ether oxygens (including phenoxy) is 1. The normalized spacial score (nSPS) is 29.4. The lowest BCUT2D eigenvalue weighted by Crippen LogP contribution is -2.74. The Kier molecular flexibility index (Phi) is 4.59. The number of aromatic hydroxyl groups is 1. The molecule has 0 radical (unpaired) electrons. The molecule has 2 N–H and O–H groups in total. The highest BCUT2D eigenvalue weighted by Crippen LogP contribution is 2.69. The number of fused-ring (bicyclic) bond motifs is 2. The van der Waals surface area contributed by atoms with E-state index in [2.05, 4.69) is 53.4 Å². The first-order valence-corrected chi connectivity index (χ1v) is 14.7. The van der Waals surface area contributed by atoms with Crippen molar-refractivity contribution in [1.82, 2.24) is 9.88 Å². The molecule has 1 saturated heterocycles. The Morgan fingerprint density at radius 1 is 0.950 bits per heavy atom. The third-order valence-corrected chi connectivity index (χ3v) is 10.5. The molecule has 1 aromatic heterocycles. The zero-order chi connectivity index (χ0) is 26.6. The average molecular weight is 529 g/mol. The van der Waals surface area contributed by atoms with Crippen molar-refractivity contribution < 1.29 is 14.9 Å². The fourth-order valence-corrected chi connectivity index (χ4v) is 8.55. The van der Waals surface area contributed by atoms with Crippen LogP contribution in [-0.4, -0.2) is 44.8 Å². The van der Waals surface area contributed by atoms with Gasteiger partial charge in [-0.1, -0.05) is 66.7 Å². The molecule has 1 spiro atoms. The number of piperidine rings is 1. The van der Waals surface area contributed by atoms with Crippen LogP contribution < -0.4 is 4.74 Å². The highest BCUT2D eigenvalue weighted by Gasteiger charge is 2.73. The van der Waals surface area contributed by atoms with E-state index in [1.165, 1.54) is 18.4 Å². The maximum absolute atomic E-state index is 13.2. The smallest absolute Gasteiger partial charge is 0.166 e. The van der Waals surface area contributed by atoms with Crippen LogP contribution in [0.15, 0.2) is 78.9 Å². The Labute approximate surface area is 234 Å². The molecule has 2 fully saturated rings. The molecule has 0 amide bonds. The van der Waals surface area contributed by atoms with Crippen LogP contribution in [0.5, 0.6) is 11.5 Å². The lowest BCUT2D eigenvalue weighted by Gasteiger charge is -2.63. The van der Waals surface area contributed by atoms with E-state index in [-0.39, 0.29) is 11.8 Å². The van der Waals surface area contributed by atoms with Gasteiger partial charge in [-0.05, 0) is 72.5 Å². The number of phenols is 1. The molecular formula is C35H32N2O3. The van der Waals surface area contributed by atoms with E-state index in [0.717, 1.165) is 71.1 Å². The molecule has 2 aliphatic heterocycles. The lowest BCUT2D eigenvalue weighted by molar-refractivity contribution is -0.173. The number of likely N-dealkylation sites (tertiary alicyclic amines) is 1. The maximum atomic E-state index is 13.2. The van der Waals surface area contributed by atoms with Crippen molar-refractivity contribution in [3.8, 4) is 33.9 Å². The molecule has 3 heterocycles. The molecule has 5 nitrogen and oxygen atoms in total. The summed E-state index contributed by atoms with van der Waals surface area (Å²) < 4.78 is 6.82. The predicted molar refractivity (Wildman–Crippen MR) is 153 cm³/mol. The third kappa shape index (κ3) is 2.92. The van der Waals surface area contributed by atoms with Crippen molar-refractivity contribution in [2.24, 2.45) is 5.92 Å². The summed E-state index contributed by atoms with van der Waals surface area (Å²) in [6, 6.07) is 26.8. The Balaban J connectivity index is 1.32. The van der Waals surface area contributed by atoms with Crippen molar-refractivity contribution in [1.29, 1.82) is 0 Å². The highest BCUT2D eigenvalue weighted by molar-refractivity contribution is 5.77. The Hall–Kier alpha value is -3.67. The molecule has 200 valence electrons. The summed E-state index contributed by atoms with van der Waals surface area (Å²) in [7, 11) is 0.